The molecule has 0 radical (unpaired) electrons. The van der Waals surface area contributed by atoms with Gasteiger partial charge in [0.25, 0.3) is 0 Å². The lowest BCUT2D eigenvalue weighted by Crippen LogP contribution is -2.28. The van der Waals surface area contributed by atoms with Crippen LogP contribution in [-0.4, -0.2) is 17.0 Å². The van der Waals surface area contributed by atoms with Gasteiger partial charge in [-0.2, -0.15) is 0 Å². The fourth-order valence-electron chi connectivity index (χ4n) is 2.67. The summed E-state index contributed by atoms with van der Waals surface area (Å²) in [5, 5.41) is 2.36. The zero-order valence-corrected chi connectivity index (χ0v) is 17.7. The van der Waals surface area contributed by atoms with Crippen LogP contribution in [0, 0.1) is 0 Å². The van der Waals surface area contributed by atoms with E-state index in [1.54, 1.807) is 22.7 Å². The van der Waals surface area contributed by atoms with Gasteiger partial charge in [-0.3, -0.25) is 0 Å². The molecule has 0 spiro atoms. The van der Waals surface area contributed by atoms with Gasteiger partial charge < -0.3 is 4.90 Å². The van der Waals surface area contributed by atoms with Crippen molar-refractivity contribution in [2.24, 2.45) is 7.05 Å². The second kappa shape index (κ2) is 7.56. The van der Waals surface area contributed by atoms with Crippen molar-refractivity contribution in [3.8, 4) is 0 Å². The molecule has 4 rings (SSSR count). The zero-order chi connectivity index (χ0) is 19.0. The van der Waals surface area contributed by atoms with Crippen LogP contribution < -0.4 is 18.7 Å². The average Bonchev–Trinajstić information content (AvgIpc) is 3.18. The molecule has 0 atom stereocenters. The van der Waals surface area contributed by atoms with Crippen molar-refractivity contribution in [3.05, 3.63) is 60.9 Å². The standard InChI is InChI=1S/C19H15Cl2N4S2/c1-24-10-12(20)8-14-18(24)22-16(26-14)6-4-3-5-7-17-23-19-15(27-17)9-13(21)11-25(19)2/h3-11H,1-2H3/q+1. The third-order valence-electron chi connectivity index (χ3n) is 3.84. The van der Waals surface area contributed by atoms with Gasteiger partial charge >= 0.3 is 5.65 Å². The molecule has 136 valence electrons. The van der Waals surface area contributed by atoms with E-state index < -0.39 is 0 Å². The highest BCUT2D eigenvalue weighted by Crippen LogP contribution is 2.23. The first-order valence-electron chi connectivity index (χ1n) is 8.09. The molecule has 0 saturated heterocycles. The van der Waals surface area contributed by atoms with Gasteiger partial charge in [-0.15, -0.1) is 11.3 Å². The first-order chi connectivity index (χ1) is 13.0. The Kier molecular flexibility index (Phi) is 5.14. The molecular formula is C19H15Cl2N4S2+. The maximum absolute atomic E-state index is 6.10. The Labute approximate surface area is 174 Å². The summed E-state index contributed by atoms with van der Waals surface area (Å²) in [5.74, 6) is 0.931. The van der Waals surface area contributed by atoms with E-state index in [9.17, 15) is 0 Å². The maximum atomic E-state index is 6.10. The van der Waals surface area contributed by atoms with Crippen molar-refractivity contribution < 1.29 is 4.57 Å². The number of thiazole rings is 2. The van der Waals surface area contributed by atoms with Gasteiger partial charge in [0.05, 0.1) is 21.6 Å². The number of allylic oxidation sites excluding steroid dienone is 4. The first kappa shape index (κ1) is 18.4. The Morgan fingerprint density at radius 1 is 1.15 bits per heavy atom. The number of aromatic nitrogens is 3. The average molecular weight is 434 g/mol. The molecular weight excluding hydrogens is 419 g/mol. The van der Waals surface area contributed by atoms with Crippen LogP contribution >= 0.6 is 45.9 Å². The minimum atomic E-state index is 0.712. The third-order valence-corrected chi connectivity index (χ3v) is 6.17. The van der Waals surface area contributed by atoms with Crippen molar-refractivity contribution in [2.45, 2.75) is 0 Å². The summed E-state index contributed by atoms with van der Waals surface area (Å²) < 4.78 is 5.02. The highest BCUT2D eigenvalue weighted by molar-refractivity contribution is 7.19. The smallest absolute Gasteiger partial charge is 0.333 e. The van der Waals surface area contributed by atoms with E-state index in [1.807, 2.05) is 78.5 Å². The zero-order valence-electron chi connectivity index (χ0n) is 14.6. The Bertz CT molecular complexity index is 1230. The van der Waals surface area contributed by atoms with Gasteiger partial charge in [0.15, 0.2) is 5.82 Å². The van der Waals surface area contributed by atoms with Gasteiger partial charge in [-0.1, -0.05) is 52.8 Å². The minimum absolute atomic E-state index is 0.712. The van der Waals surface area contributed by atoms with Crippen molar-refractivity contribution in [2.75, 3.05) is 11.9 Å². The monoisotopic (exact) mass is 433 g/mol. The van der Waals surface area contributed by atoms with Crippen LogP contribution in [0.15, 0.2) is 41.7 Å². The van der Waals surface area contributed by atoms with Crippen molar-refractivity contribution in [1.29, 1.82) is 0 Å². The highest BCUT2D eigenvalue weighted by atomic mass is 35.5. The molecule has 1 aliphatic rings. The molecule has 3 aromatic heterocycles. The first-order valence-corrected chi connectivity index (χ1v) is 10.5. The molecule has 0 unspecified atom stereocenters. The number of fused-ring (bicyclic) bond motifs is 2. The third kappa shape index (κ3) is 3.99. The van der Waals surface area contributed by atoms with E-state index in [-0.39, 0.29) is 0 Å². The molecule has 0 saturated carbocycles. The lowest BCUT2D eigenvalue weighted by Gasteiger charge is -2.13. The fourth-order valence-corrected chi connectivity index (χ4v) is 5.26. The lowest BCUT2D eigenvalue weighted by atomic mass is 10.4. The van der Waals surface area contributed by atoms with Gasteiger partial charge in [-0.05, 0) is 23.2 Å². The van der Waals surface area contributed by atoms with Crippen molar-refractivity contribution in [1.82, 2.24) is 9.97 Å². The minimum Gasteiger partial charge on any atom is -0.333 e. The van der Waals surface area contributed by atoms with Crippen LogP contribution in [0.3, 0.4) is 0 Å². The van der Waals surface area contributed by atoms with Crippen molar-refractivity contribution in [3.63, 3.8) is 0 Å². The predicted molar refractivity (Wildman–Crippen MR) is 117 cm³/mol. The molecule has 4 heterocycles. The van der Waals surface area contributed by atoms with Gasteiger partial charge in [0.1, 0.15) is 15.6 Å². The number of anilines is 1. The Morgan fingerprint density at radius 2 is 2.00 bits per heavy atom. The molecule has 0 fully saturated rings. The Balaban J connectivity index is 1.52. The largest absolute Gasteiger partial charge is 0.342 e. The number of halogens is 2. The molecule has 0 aliphatic carbocycles. The van der Waals surface area contributed by atoms with E-state index in [0.717, 1.165) is 30.4 Å². The Morgan fingerprint density at radius 3 is 2.85 bits per heavy atom. The van der Waals surface area contributed by atoms with E-state index in [4.69, 9.17) is 23.2 Å². The number of pyridine rings is 1. The van der Waals surface area contributed by atoms with Crippen LogP contribution in [-0.2, 0) is 7.05 Å². The topological polar surface area (TPSA) is 32.9 Å². The van der Waals surface area contributed by atoms with Crippen LogP contribution in [0.2, 0.25) is 5.02 Å². The molecule has 0 N–H and O–H groups in total. The van der Waals surface area contributed by atoms with Crippen LogP contribution in [0.4, 0.5) is 5.82 Å². The summed E-state index contributed by atoms with van der Waals surface area (Å²) >= 11 is 15.4. The second-order valence-electron chi connectivity index (χ2n) is 5.93. The number of aryl methyl sites for hydroxylation is 1. The summed E-state index contributed by atoms with van der Waals surface area (Å²) in [7, 11) is 3.89. The summed E-state index contributed by atoms with van der Waals surface area (Å²) in [6, 6.07) is 1.94. The molecule has 27 heavy (non-hydrogen) atoms. The summed E-state index contributed by atoms with van der Waals surface area (Å²) in [4.78, 5) is 11.2. The van der Waals surface area contributed by atoms with E-state index in [2.05, 4.69) is 9.97 Å². The van der Waals surface area contributed by atoms with Crippen LogP contribution in [0.1, 0.15) is 5.01 Å². The second-order valence-corrected chi connectivity index (χ2v) is 8.93. The summed E-state index contributed by atoms with van der Waals surface area (Å²) in [6.07, 6.45) is 15.5. The Hall–Kier alpha value is -1.99. The van der Waals surface area contributed by atoms with Crippen LogP contribution in [0.25, 0.3) is 28.6 Å². The summed E-state index contributed by atoms with van der Waals surface area (Å²) in [5.41, 5.74) is 0.931. The van der Waals surface area contributed by atoms with Gasteiger partial charge in [-0.25, -0.2) is 9.55 Å². The van der Waals surface area contributed by atoms with Crippen LogP contribution in [0.5, 0.6) is 0 Å². The maximum Gasteiger partial charge on any atom is 0.342 e. The van der Waals surface area contributed by atoms with E-state index in [1.165, 1.54) is 0 Å². The molecule has 0 bridgehead atoms. The summed E-state index contributed by atoms with van der Waals surface area (Å²) in [6.45, 7) is 0. The molecule has 3 aromatic rings. The number of hydrogen-bond acceptors (Lipinski definition) is 5. The van der Waals surface area contributed by atoms with E-state index in [0.29, 0.717) is 10.1 Å². The molecule has 1 aliphatic heterocycles. The fraction of sp³-hybridized carbons (Fsp3) is 0.105. The lowest BCUT2D eigenvalue weighted by molar-refractivity contribution is -0.646. The molecule has 8 heteroatoms. The number of hydrogen-bond donors (Lipinski definition) is 0. The predicted octanol–water partition coefficient (Wildman–Crippen LogP) is 3.59. The number of rotatable bonds is 3. The SMILES string of the molecule is CN1C=C(Cl)C=c2s/c(=C/C=C/C=C/c3nc4c(cc(Cl)c[n+]4C)s3)nc21. The molecule has 0 aromatic carbocycles. The van der Waals surface area contributed by atoms with E-state index >= 15 is 0 Å². The normalized spacial score (nSPS) is 15.0. The quantitative estimate of drug-likeness (QED) is 0.467. The van der Waals surface area contributed by atoms with Gasteiger partial charge in [0, 0.05) is 19.3 Å². The van der Waals surface area contributed by atoms with Gasteiger partial charge in [0.2, 0.25) is 5.01 Å². The molecule has 0 amide bonds. The van der Waals surface area contributed by atoms with Crippen molar-refractivity contribution >= 4 is 80.3 Å². The molecule has 4 nitrogen and oxygen atoms in total. The number of nitrogens with zero attached hydrogens (tertiary/aromatic N) is 4. The highest BCUT2D eigenvalue weighted by Gasteiger charge is 2.14.